The number of aromatic nitrogens is 4. The summed E-state index contributed by atoms with van der Waals surface area (Å²) in [6.45, 7) is 6.62. The van der Waals surface area contributed by atoms with Gasteiger partial charge in [0.15, 0.2) is 0 Å². The van der Waals surface area contributed by atoms with Crippen molar-refractivity contribution in [1.29, 1.82) is 0 Å². The summed E-state index contributed by atoms with van der Waals surface area (Å²) in [6, 6.07) is 5.88. The normalized spacial score (nSPS) is 30.1. The summed E-state index contributed by atoms with van der Waals surface area (Å²) in [7, 11) is 0. The highest BCUT2D eigenvalue weighted by atomic mass is 32.1. The Morgan fingerprint density at radius 2 is 2.21 bits per heavy atom. The van der Waals surface area contributed by atoms with E-state index in [0.717, 1.165) is 23.4 Å². The van der Waals surface area contributed by atoms with Gasteiger partial charge in [0.2, 0.25) is 5.91 Å². The molecule has 0 aromatic carbocycles. The van der Waals surface area contributed by atoms with E-state index in [1.807, 2.05) is 23.6 Å². The monoisotopic (exact) mass is 411 g/mol. The summed E-state index contributed by atoms with van der Waals surface area (Å²) in [5.74, 6) is 0.860. The summed E-state index contributed by atoms with van der Waals surface area (Å²) in [5.41, 5.74) is 0.804. The number of fused-ring (bicyclic) bond motifs is 3. The number of aliphatic hydroxyl groups excluding tert-OH is 1. The molecule has 0 spiro atoms. The fourth-order valence-corrected chi connectivity index (χ4v) is 6.37. The Bertz CT molecular complexity index is 1080. The lowest BCUT2D eigenvalue weighted by Crippen LogP contribution is -2.38. The van der Waals surface area contributed by atoms with Crippen molar-refractivity contribution in [3.63, 3.8) is 0 Å². The molecule has 2 N–H and O–H groups in total. The zero-order chi connectivity index (χ0) is 20.4. The van der Waals surface area contributed by atoms with Crippen LogP contribution in [0.15, 0.2) is 29.8 Å². The topological polar surface area (TPSA) is 92.4 Å². The summed E-state index contributed by atoms with van der Waals surface area (Å²) in [6.07, 6.45) is 3.61. The van der Waals surface area contributed by atoms with Gasteiger partial charge in [-0.3, -0.25) is 10.1 Å². The van der Waals surface area contributed by atoms with Crippen LogP contribution in [0.4, 0.5) is 5.95 Å². The molecule has 152 valence electrons. The van der Waals surface area contributed by atoms with Crippen molar-refractivity contribution in [1.82, 2.24) is 19.6 Å². The number of nitrogens with zero attached hydrogens (tertiary/aromatic N) is 4. The maximum absolute atomic E-state index is 12.8. The van der Waals surface area contributed by atoms with Gasteiger partial charge in [-0.05, 0) is 53.0 Å². The van der Waals surface area contributed by atoms with Crippen LogP contribution in [0.1, 0.15) is 40.0 Å². The van der Waals surface area contributed by atoms with Crippen molar-refractivity contribution >= 4 is 29.0 Å². The molecule has 4 atom stereocenters. The molecule has 0 aliphatic heterocycles. The molecule has 8 heteroatoms. The van der Waals surface area contributed by atoms with Crippen LogP contribution in [0.5, 0.6) is 0 Å². The molecule has 1 amide bonds. The first-order valence-electron chi connectivity index (χ1n) is 10.0. The van der Waals surface area contributed by atoms with Crippen molar-refractivity contribution in [2.45, 2.75) is 46.1 Å². The van der Waals surface area contributed by atoms with Crippen LogP contribution in [-0.2, 0) is 4.79 Å². The molecule has 3 aromatic heterocycles. The van der Waals surface area contributed by atoms with E-state index in [2.05, 4.69) is 41.2 Å². The molecule has 3 aromatic rings. The highest BCUT2D eigenvalue weighted by Crippen LogP contribution is 2.68. The van der Waals surface area contributed by atoms with Crippen LogP contribution in [0.2, 0.25) is 0 Å². The number of thiophene rings is 1. The Morgan fingerprint density at radius 1 is 1.38 bits per heavy atom. The number of carbonyl (C=O) groups is 1. The maximum atomic E-state index is 12.8. The molecule has 2 aliphatic rings. The third-order valence-corrected chi connectivity index (χ3v) is 8.53. The van der Waals surface area contributed by atoms with Gasteiger partial charge in [-0.15, -0.1) is 16.4 Å². The van der Waals surface area contributed by atoms with Crippen LogP contribution in [0.3, 0.4) is 0 Å². The number of nitrogens with one attached hydrogen (secondary N) is 1. The highest BCUT2D eigenvalue weighted by Gasteiger charge is 2.65. The molecule has 3 heterocycles. The number of hydrogen-bond donors (Lipinski definition) is 2. The number of hydrogen-bond acceptors (Lipinski definition) is 6. The first kappa shape index (κ1) is 18.7. The van der Waals surface area contributed by atoms with Crippen molar-refractivity contribution in [2.75, 3.05) is 5.32 Å². The van der Waals surface area contributed by atoms with Crippen LogP contribution < -0.4 is 5.32 Å². The molecule has 0 radical (unpaired) electrons. The molecular formula is C21H25N5O2S. The van der Waals surface area contributed by atoms with E-state index in [-0.39, 0.29) is 35.0 Å². The first-order valence-corrected chi connectivity index (χ1v) is 10.9. The standard InChI is InChI=1S/C21H25N5O2S/c1-20(2)13-6-8-21(20,3)17(28)12(13)11-16(27)23-18-24-19-22-9-7-14(26(19)25-18)15-5-4-10-29-15/h4-5,7,9-10,12-13,17,28H,6,8,11H2,1-3H3,(H,23,25,27). The Kier molecular flexibility index (Phi) is 4.08. The molecule has 4 unspecified atom stereocenters. The summed E-state index contributed by atoms with van der Waals surface area (Å²) >= 11 is 1.61. The van der Waals surface area contributed by atoms with Gasteiger partial charge in [0.05, 0.1) is 16.7 Å². The average Bonchev–Trinajstić information content (AvgIpc) is 3.40. The lowest BCUT2D eigenvalue weighted by molar-refractivity contribution is -0.119. The molecule has 2 fully saturated rings. The minimum absolute atomic E-state index is 0.0272. The van der Waals surface area contributed by atoms with Crippen LogP contribution in [-0.4, -0.2) is 36.7 Å². The van der Waals surface area contributed by atoms with Crippen LogP contribution >= 0.6 is 11.3 Å². The molecule has 2 aliphatic carbocycles. The molecule has 2 saturated carbocycles. The second-order valence-electron chi connectivity index (χ2n) is 9.10. The lowest BCUT2D eigenvalue weighted by Gasteiger charge is -2.37. The fourth-order valence-electron chi connectivity index (χ4n) is 5.63. The minimum atomic E-state index is -0.455. The molecular weight excluding hydrogens is 386 g/mol. The van der Waals surface area contributed by atoms with Gasteiger partial charge in [-0.25, -0.2) is 4.98 Å². The van der Waals surface area contributed by atoms with E-state index in [0.29, 0.717) is 11.7 Å². The van der Waals surface area contributed by atoms with E-state index in [4.69, 9.17) is 0 Å². The summed E-state index contributed by atoms with van der Waals surface area (Å²) < 4.78 is 1.65. The van der Waals surface area contributed by atoms with E-state index in [1.165, 1.54) is 0 Å². The van der Waals surface area contributed by atoms with Gasteiger partial charge in [-0.1, -0.05) is 26.8 Å². The Hall–Kier alpha value is -2.32. The quantitative estimate of drug-likeness (QED) is 0.684. The Morgan fingerprint density at radius 3 is 2.90 bits per heavy atom. The number of carbonyl (C=O) groups excluding carboxylic acids is 1. The predicted octanol–water partition coefficient (Wildman–Crippen LogP) is 3.61. The van der Waals surface area contributed by atoms with Crippen LogP contribution in [0.25, 0.3) is 16.3 Å². The van der Waals surface area contributed by atoms with Gasteiger partial charge in [0.25, 0.3) is 11.7 Å². The van der Waals surface area contributed by atoms with Gasteiger partial charge in [-0.2, -0.15) is 9.50 Å². The number of anilines is 1. The maximum Gasteiger partial charge on any atom is 0.254 e. The third kappa shape index (κ3) is 2.65. The lowest BCUT2D eigenvalue weighted by atomic mass is 9.70. The highest BCUT2D eigenvalue weighted by molar-refractivity contribution is 7.13. The zero-order valence-electron chi connectivity index (χ0n) is 16.8. The molecule has 29 heavy (non-hydrogen) atoms. The zero-order valence-corrected chi connectivity index (χ0v) is 17.6. The van der Waals surface area contributed by atoms with Crippen molar-refractivity contribution in [2.24, 2.45) is 22.7 Å². The summed E-state index contributed by atoms with van der Waals surface area (Å²) in [5, 5.41) is 20.2. The second-order valence-corrected chi connectivity index (χ2v) is 10.0. The Labute approximate surface area is 173 Å². The van der Waals surface area contributed by atoms with Crippen LogP contribution in [0, 0.1) is 22.7 Å². The van der Waals surface area contributed by atoms with E-state index in [9.17, 15) is 9.90 Å². The fraction of sp³-hybridized carbons (Fsp3) is 0.524. The minimum Gasteiger partial charge on any atom is -0.392 e. The van der Waals surface area contributed by atoms with Gasteiger partial charge in [0.1, 0.15) is 0 Å². The largest absolute Gasteiger partial charge is 0.392 e. The first-order chi connectivity index (χ1) is 13.8. The molecule has 0 saturated heterocycles. The Balaban J connectivity index is 1.36. The van der Waals surface area contributed by atoms with E-state index < -0.39 is 6.10 Å². The van der Waals surface area contributed by atoms with Crippen molar-refractivity contribution < 1.29 is 9.90 Å². The van der Waals surface area contributed by atoms with Gasteiger partial charge < -0.3 is 5.11 Å². The van der Waals surface area contributed by atoms with E-state index in [1.54, 1.807) is 22.0 Å². The van der Waals surface area contributed by atoms with E-state index >= 15 is 0 Å². The van der Waals surface area contributed by atoms with Crippen molar-refractivity contribution in [3.8, 4) is 10.6 Å². The smallest absolute Gasteiger partial charge is 0.254 e. The van der Waals surface area contributed by atoms with Crippen molar-refractivity contribution in [3.05, 3.63) is 29.8 Å². The molecule has 7 nitrogen and oxygen atoms in total. The molecule has 5 rings (SSSR count). The number of rotatable bonds is 4. The van der Waals surface area contributed by atoms with Gasteiger partial charge in [0, 0.05) is 12.6 Å². The summed E-state index contributed by atoms with van der Waals surface area (Å²) in [4.78, 5) is 22.4. The number of aliphatic hydroxyl groups is 1. The molecule has 2 bridgehead atoms. The predicted molar refractivity (Wildman–Crippen MR) is 111 cm³/mol. The SMILES string of the molecule is CC1(C)C2CCC1(C)C(O)C2CC(=O)Nc1nc2nccc(-c3cccs3)n2n1. The third-order valence-electron chi connectivity index (χ3n) is 7.64. The number of amides is 1. The average molecular weight is 412 g/mol. The second kappa shape index (κ2) is 6.34. The van der Waals surface area contributed by atoms with Gasteiger partial charge >= 0.3 is 0 Å².